The Kier molecular flexibility index (Phi) is 3.13. The predicted molar refractivity (Wildman–Crippen MR) is 60.2 cm³/mol. The van der Waals surface area contributed by atoms with Crippen LogP contribution in [0.25, 0.3) is 0 Å². The van der Waals surface area contributed by atoms with E-state index in [0.717, 1.165) is 12.5 Å². The highest BCUT2D eigenvalue weighted by atomic mass is 15.2. The molecule has 0 bridgehead atoms. The molecule has 1 unspecified atom stereocenters. The second-order valence-corrected chi connectivity index (χ2v) is 5.54. The molecule has 0 amide bonds. The molecule has 2 rings (SSSR count). The van der Waals surface area contributed by atoms with E-state index in [0.29, 0.717) is 0 Å². The highest BCUT2D eigenvalue weighted by molar-refractivity contribution is 4.93. The first-order valence-corrected chi connectivity index (χ1v) is 6.15. The molecule has 0 aromatic rings. The van der Waals surface area contributed by atoms with Gasteiger partial charge in [-0.25, -0.2) is 0 Å². The summed E-state index contributed by atoms with van der Waals surface area (Å²) in [6.07, 6.45) is 9.69. The number of hydrogen-bond acceptors (Lipinski definition) is 2. The van der Waals surface area contributed by atoms with Crippen molar-refractivity contribution in [1.29, 1.82) is 0 Å². The molecule has 0 spiro atoms. The van der Waals surface area contributed by atoms with Gasteiger partial charge >= 0.3 is 0 Å². The summed E-state index contributed by atoms with van der Waals surface area (Å²) in [5.74, 6) is 1.00. The molecule has 1 atom stereocenters. The average molecular weight is 196 g/mol. The van der Waals surface area contributed by atoms with Gasteiger partial charge < -0.3 is 10.6 Å². The van der Waals surface area contributed by atoms with Crippen LogP contribution in [0.5, 0.6) is 0 Å². The number of rotatable bonds is 3. The second-order valence-electron chi connectivity index (χ2n) is 5.54. The van der Waals surface area contributed by atoms with Crippen molar-refractivity contribution in [2.24, 2.45) is 11.7 Å². The van der Waals surface area contributed by atoms with E-state index in [1.807, 2.05) is 0 Å². The molecular formula is C12H24N2. The highest BCUT2D eigenvalue weighted by Gasteiger charge is 2.33. The highest BCUT2D eigenvalue weighted by Crippen LogP contribution is 2.32. The van der Waals surface area contributed by atoms with E-state index in [2.05, 4.69) is 11.9 Å². The molecule has 2 nitrogen and oxygen atoms in total. The van der Waals surface area contributed by atoms with E-state index in [-0.39, 0.29) is 5.54 Å². The summed E-state index contributed by atoms with van der Waals surface area (Å²) in [5.41, 5.74) is 6.54. The van der Waals surface area contributed by atoms with E-state index in [1.165, 1.54) is 51.5 Å². The normalized spacial score (nSPS) is 35.6. The molecule has 2 N–H and O–H groups in total. The molecule has 1 saturated heterocycles. The predicted octanol–water partition coefficient (Wildman–Crippen LogP) is 1.99. The lowest BCUT2D eigenvalue weighted by Crippen LogP contribution is -2.42. The fraction of sp³-hybridized carbons (Fsp3) is 1.00. The molecule has 14 heavy (non-hydrogen) atoms. The van der Waals surface area contributed by atoms with Crippen molar-refractivity contribution < 1.29 is 0 Å². The third kappa shape index (κ3) is 2.48. The van der Waals surface area contributed by atoms with Gasteiger partial charge in [-0.2, -0.15) is 0 Å². The van der Waals surface area contributed by atoms with Crippen molar-refractivity contribution in [3.05, 3.63) is 0 Å². The van der Waals surface area contributed by atoms with Crippen LogP contribution in [-0.4, -0.2) is 30.6 Å². The van der Waals surface area contributed by atoms with Gasteiger partial charge in [-0.1, -0.05) is 25.7 Å². The first kappa shape index (κ1) is 10.4. The zero-order chi connectivity index (χ0) is 10.0. The molecule has 1 aliphatic carbocycles. The van der Waals surface area contributed by atoms with Crippen LogP contribution in [0.1, 0.15) is 44.9 Å². The summed E-state index contributed by atoms with van der Waals surface area (Å²) in [6, 6.07) is 0. The Hall–Kier alpha value is -0.0800. The van der Waals surface area contributed by atoms with Gasteiger partial charge in [0, 0.05) is 12.1 Å². The fourth-order valence-electron chi connectivity index (χ4n) is 3.10. The van der Waals surface area contributed by atoms with Gasteiger partial charge in [-0.3, -0.25) is 0 Å². The van der Waals surface area contributed by atoms with Gasteiger partial charge in [0.15, 0.2) is 0 Å². The van der Waals surface area contributed by atoms with E-state index < -0.39 is 0 Å². The fourth-order valence-corrected chi connectivity index (χ4v) is 3.10. The summed E-state index contributed by atoms with van der Waals surface area (Å²) in [5, 5.41) is 0. The molecule has 82 valence electrons. The van der Waals surface area contributed by atoms with Crippen molar-refractivity contribution in [3.63, 3.8) is 0 Å². The van der Waals surface area contributed by atoms with E-state index in [4.69, 9.17) is 5.73 Å². The first-order chi connectivity index (χ1) is 6.68. The van der Waals surface area contributed by atoms with E-state index in [1.54, 1.807) is 0 Å². The molecule has 2 heteroatoms. The van der Waals surface area contributed by atoms with Crippen molar-refractivity contribution in [2.45, 2.75) is 50.5 Å². The zero-order valence-electron chi connectivity index (χ0n) is 9.47. The Morgan fingerprint density at radius 1 is 1.36 bits per heavy atom. The summed E-state index contributed by atoms with van der Waals surface area (Å²) >= 11 is 0. The lowest BCUT2D eigenvalue weighted by atomic mass is 9.89. The number of hydrogen-bond donors (Lipinski definition) is 1. The van der Waals surface area contributed by atoms with Crippen LogP contribution in [-0.2, 0) is 0 Å². The molecule has 0 aromatic heterocycles. The average Bonchev–Trinajstić information content (AvgIpc) is 2.73. The second kappa shape index (κ2) is 4.19. The largest absolute Gasteiger partial charge is 0.324 e. The Morgan fingerprint density at radius 2 is 2.07 bits per heavy atom. The van der Waals surface area contributed by atoms with Crippen molar-refractivity contribution in [3.8, 4) is 0 Å². The molecule has 2 aliphatic rings. The van der Waals surface area contributed by atoms with Gasteiger partial charge in [-0.15, -0.1) is 0 Å². The minimum Gasteiger partial charge on any atom is -0.324 e. The minimum absolute atomic E-state index is 0.150. The number of nitrogens with two attached hydrogens (primary N) is 1. The van der Waals surface area contributed by atoms with Crippen LogP contribution in [0.15, 0.2) is 0 Å². The third-order valence-electron chi connectivity index (χ3n) is 4.10. The molecule has 2 fully saturated rings. The quantitative estimate of drug-likeness (QED) is 0.748. The van der Waals surface area contributed by atoms with Crippen molar-refractivity contribution >= 4 is 0 Å². The monoisotopic (exact) mass is 196 g/mol. The van der Waals surface area contributed by atoms with E-state index in [9.17, 15) is 0 Å². The molecule has 1 heterocycles. The lowest BCUT2D eigenvalue weighted by molar-refractivity contribution is 0.326. The maximum absolute atomic E-state index is 6.39. The van der Waals surface area contributed by atoms with Gasteiger partial charge in [0.2, 0.25) is 0 Å². The Labute approximate surface area is 87.8 Å². The van der Waals surface area contributed by atoms with E-state index >= 15 is 0 Å². The van der Waals surface area contributed by atoms with Crippen LogP contribution in [0.4, 0.5) is 0 Å². The first-order valence-electron chi connectivity index (χ1n) is 6.15. The lowest BCUT2D eigenvalue weighted by Gasteiger charge is -2.25. The SMILES string of the molecule is CN1CCC(N)(CCC2CCCC2)C1. The molecule has 0 radical (unpaired) electrons. The van der Waals surface area contributed by atoms with Crippen molar-refractivity contribution in [1.82, 2.24) is 4.90 Å². The van der Waals surface area contributed by atoms with Gasteiger partial charge in [0.25, 0.3) is 0 Å². The van der Waals surface area contributed by atoms with Crippen LogP contribution < -0.4 is 5.73 Å². The third-order valence-corrected chi connectivity index (χ3v) is 4.10. The Morgan fingerprint density at radius 3 is 2.64 bits per heavy atom. The minimum atomic E-state index is 0.150. The Bertz CT molecular complexity index is 187. The molecule has 1 saturated carbocycles. The van der Waals surface area contributed by atoms with Crippen molar-refractivity contribution in [2.75, 3.05) is 20.1 Å². The standard InChI is InChI=1S/C12H24N2/c1-14-9-8-12(13,10-14)7-6-11-4-2-3-5-11/h11H,2-10,13H2,1H3. The Balaban J connectivity index is 1.73. The van der Waals surface area contributed by atoms with Gasteiger partial charge in [-0.05, 0) is 38.8 Å². The summed E-state index contributed by atoms with van der Waals surface area (Å²) in [7, 11) is 2.18. The number of likely N-dealkylation sites (tertiary alicyclic amines) is 1. The maximum Gasteiger partial charge on any atom is 0.0295 e. The van der Waals surface area contributed by atoms with Crippen LogP contribution >= 0.6 is 0 Å². The smallest absolute Gasteiger partial charge is 0.0295 e. The molecular weight excluding hydrogens is 172 g/mol. The topological polar surface area (TPSA) is 29.3 Å². The number of likely N-dealkylation sites (N-methyl/N-ethyl adjacent to an activating group) is 1. The van der Waals surface area contributed by atoms with Crippen LogP contribution in [0, 0.1) is 5.92 Å². The molecule has 1 aliphatic heterocycles. The number of nitrogens with zero attached hydrogens (tertiary/aromatic N) is 1. The van der Waals surface area contributed by atoms with Crippen LogP contribution in [0.3, 0.4) is 0 Å². The summed E-state index contributed by atoms with van der Waals surface area (Å²) < 4.78 is 0. The summed E-state index contributed by atoms with van der Waals surface area (Å²) in [4.78, 5) is 2.37. The molecule has 0 aromatic carbocycles. The van der Waals surface area contributed by atoms with Gasteiger partial charge in [0.1, 0.15) is 0 Å². The summed E-state index contributed by atoms with van der Waals surface area (Å²) in [6.45, 7) is 2.31. The zero-order valence-corrected chi connectivity index (χ0v) is 9.47. The maximum atomic E-state index is 6.39. The van der Waals surface area contributed by atoms with Gasteiger partial charge in [0.05, 0.1) is 0 Å². The van der Waals surface area contributed by atoms with Crippen LogP contribution in [0.2, 0.25) is 0 Å².